The van der Waals surface area contributed by atoms with Crippen LogP contribution in [0.4, 0.5) is 17.8 Å². The Bertz CT molecular complexity index is 442. The van der Waals surface area contributed by atoms with Crippen LogP contribution in [0.3, 0.4) is 0 Å². The molecule has 1 heterocycles. The number of ether oxygens (including phenoxy) is 3. The molecule has 0 aliphatic heterocycles. The van der Waals surface area contributed by atoms with Crippen molar-refractivity contribution in [2.45, 2.75) is 65.4 Å². The maximum Gasteiger partial charge on any atom is 0.377 e. The summed E-state index contributed by atoms with van der Waals surface area (Å²) in [6, 6.07) is 0. The Morgan fingerprint density at radius 3 is 1.52 bits per heavy atom. The van der Waals surface area contributed by atoms with Crippen LogP contribution in [0.1, 0.15) is 59.3 Å². The van der Waals surface area contributed by atoms with Gasteiger partial charge in [-0.2, -0.15) is 15.0 Å². The van der Waals surface area contributed by atoms with Crippen LogP contribution in [0.2, 0.25) is 0 Å². The number of nitrogens with zero attached hydrogens (tertiary/aromatic N) is 3. The van der Waals surface area contributed by atoms with Crippen LogP contribution < -0.4 is 16.8 Å². The normalized spacial score (nSPS) is 11.6. The van der Waals surface area contributed by atoms with Crippen molar-refractivity contribution >= 4 is 17.8 Å². The molecule has 0 fully saturated rings. The van der Waals surface area contributed by atoms with Crippen LogP contribution >= 0.6 is 0 Å². The second-order valence-corrected chi connectivity index (χ2v) is 5.66. The van der Waals surface area contributed by atoms with Gasteiger partial charge in [-0.05, 0) is 19.3 Å². The van der Waals surface area contributed by atoms with E-state index in [0.29, 0.717) is 19.8 Å². The molecule has 0 aliphatic rings. The standard InChI is InChI=1S/C16H32N6O3/c1-4-7-10-23-16(24-11-8-5-2,25-12-9-6-3)22-15-20-13(17)19-14(18)21-15/h4-12H2,1-3H3,(H5,17,18,19,20,21,22). The lowest BCUT2D eigenvalue weighted by Crippen LogP contribution is -2.48. The Kier molecular flexibility index (Phi) is 10.0. The van der Waals surface area contributed by atoms with E-state index in [1.54, 1.807) is 0 Å². The highest BCUT2D eigenvalue weighted by Gasteiger charge is 2.35. The zero-order chi connectivity index (χ0) is 18.5. The highest BCUT2D eigenvalue weighted by Crippen LogP contribution is 2.20. The van der Waals surface area contributed by atoms with Crippen LogP contribution in [0.5, 0.6) is 0 Å². The number of nitrogen functional groups attached to an aromatic ring is 2. The minimum atomic E-state index is -1.47. The fraction of sp³-hybridized carbons (Fsp3) is 0.812. The number of rotatable bonds is 14. The zero-order valence-electron chi connectivity index (χ0n) is 15.6. The molecule has 0 spiro atoms. The van der Waals surface area contributed by atoms with Gasteiger partial charge in [0.2, 0.25) is 17.8 Å². The molecule has 9 nitrogen and oxygen atoms in total. The minimum absolute atomic E-state index is 0.0135. The SMILES string of the molecule is CCCCOC(Nc1nc(N)nc(N)n1)(OCCCC)OCCCC. The van der Waals surface area contributed by atoms with Crippen LogP contribution in [0, 0.1) is 0 Å². The largest absolute Gasteiger partial charge is 0.377 e. The molecule has 9 heteroatoms. The van der Waals surface area contributed by atoms with Crippen molar-refractivity contribution in [2.75, 3.05) is 36.6 Å². The van der Waals surface area contributed by atoms with Crippen LogP contribution in [0.15, 0.2) is 0 Å². The molecule has 0 aromatic carbocycles. The third-order valence-electron chi connectivity index (χ3n) is 3.30. The first-order valence-corrected chi connectivity index (χ1v) is 9.02. The van der Waals surface area contributed by atoms with Crippen LogP contribution in [-0.2, 0) is 14.2 Å². The summed E-state index contributed by atoms with van der Waals surface area (Å²) in [7, 11) is 0. The fourth-order valence-corrected chi connectivity index (χ4v) is 1.89. The Morgan fingerprint density at radius 1 is 0.760 bits per heavy atom. The van der Waals surface area contributed by atoms with E-state index in [-0.39, 0.29) is 17.8 Å². The Morgan fingerprint density at radius 2 is 1.16 bits per heavy atom. The van der Waals surface area contributed by atoms with Crippen molar-refractivity contribution in [3.8, 4) is 0 Å². The first-order chi connectivity index (χ1) is 12.0. The van der Waals surface area contributed by atoms with Gasteiger partial charge in [0.25, 0.3) is 0 Å². The van der Waals surface area contributed by atoms with Gasteiger partial charge in [0.05, 0.1) is 19.8 Å². The topological polar surface area (TPSA) is 130 Å². The van der Waals surface area contributed by atoms with Gasteiger partial charge < -0.3 is 25.7 Å². The lowest BCUT2D eigenvalue weighted by Gasteiger charge is -2.33. The molecule has 1 aromatic heterocycles. The van der Waals surface area contributed by atoms with Crippen molar-refractivity contribution in [1.82, 2.24) is 15.0 Å². The van der Waals surface area contributed by atoms with Gasteiger partial charge in [0.1, 0.15) is 0 Å². The summed E-state index contributed by atoms with van der Waals surface area (Å²) in [6.45, 7) is 7.67. The second kappa shape index (κ2) is 11.8. The Labute approximate surface area is 149 Å². The minimum Gasteiger partial charge on any atom is -0.368 e. The first-order valence-electron chi connectivity index (χ1n) is 9.02. The maximum atomic E-state index is 5.91. The molecule has 1 aromatic rings. The lowest BCUT2D eigenvalue weighted by atomic mass is 10.3. The molecule has 1 rings (SSSR count). The van der Waals surface area contributed by atoms with Crippen LogP contribution in [0.25, 0.3) is 0 Å². The summed E-state index contributed by atoms with van der Waals surface area (Å²) in [5.41, 5.74) is 11.3. The zero-order valence-corrected chi connectivity index (χ0v) is 15.6. The van der Waals surface area contributed by atoms with Gasteiger partial charge in [-0.3, -0.25) is 5.32 Å². The number of unbranched alkanes of at least 4 members (excludes halogenated alkanes) is 3. The van der Waals surface area contributed by atoms with Crippen molar-refractivity contribution in [1.29, 1.82) is 0 Å². The summed E-state index contributed by atoms with van der Waals surface area (Å²) >= 11 is 0. The molecule has 144 valence electrons. The van der Waals surface area contributed by atoms with Crippen LogP contribution in [-0.4, -0.2) is 40.9 Å². The smallest absolute Gasteiger partial charge is 0.368 e. The summed E-state index contributed by atoms with van der Waals surface area (Å²) < 4.78 is 17.7. The predicted molar refractivity (Wildman–Crippen MR) is 97.6 cm³/mol. The van der Waals surface area contributed by atoms with Gasteiger partial charge in [-0.1, -0.05) is 40.0 Å². The van der Waals surface area contributed by atoms with Crippen molar-refractivity contribution in [3.63, 3.8) is 0 Å². The summed E-state index contributed by atoms with van der Waals surface area (Å²) in [5.74, 6) is 0.175. The quantitative estimate of drug-likeness (QED) is 0.340. The van der Waals surface area contributed by atoms with Crippen molar-refractivity contribution < 1.29 is 14.2 Å². The molecule has 0 saturated carbocycles. The number of hydrogen-bond donors (Lipinski definition) is 3. The maximum absolute atomic E-state index is 5.91. The highest BCUT2D eigenvalue weighted by molar-refractivity contribution is 5.37. The van der Waals surface area contributed by atoms with Crippen molar-refractivity contribution in [2.24, 2.45) is 0 Å². The highest BCUT2D eigenvalue weighted by atomic mass is 16.9. The number of hydrogen-bond acceptors (Lipinski definition) is 9. The molecule has 0 radical (unpaired) electrons. The first kappa shape index (κ1) is 21.3. The molecule has 0 aliphatic carbocycles. The lowest BCUT2D eigenvalue weighted by molar-refractivity contribution is -0.363. The summed E-state index contributed by atoms with van der Waals surface area (Å²) in [5, 5.41) is 2.96. The van der Waals surface area contributed by atoms with E-state index in [0.717, 1.165) is 38.5 Å². The molecule has 0 bridgehead atoms. The average molecular weight is 356 g/mol. The van der Waals surface area contributed by atoms with Gasteiger partial charge in [0.15, 0.2) is 0 Å². The number of nitrogens with one attached hydrogen (secondary N) is 1. The van der Waals surface area contributed by atoms with E-state index in [9.17, 15) is 0 Å². The van der Waals surface area contributed by atoms with E-state index in [1.807, 2.05) is 0 Å². The molecular formula is C16H32N6O3. The van der Waals surface area contributed by atoms with E-state index in [1.165, 1.54) is 0 Å². The summed E-state index contributed by atoms with van der Waals surface area (Å²) in [4.78, 5) is 11.8. The number of anilines is 3. The summed E-state index contributed by atoms with van der Waals surface area (Å²) in [6.07, 6.45) is 4.13. The Balaban J connectivity index is 2.95. The molecule has 0 atom stereocenters. The van der Waals surface area contributed by atoms with E-state index >= 15 is 0 Å². The average Bonchev–Trinajstić information content (AvgIpc) is 2.54. The third kappa shape index (κ3) is 8.28. The van der Waals surface area contributed by atoms with E-state index < -0.39 is 6.10 Å². The monoisotopic (exact) mass is 356 g/mol. The van der Waals surface area contributed by atoms with E-state index in [2.05, 4.69) is 41.0 Å². The molecule has 0 amide bonds. The van der Waals surface area contributed by atoms with Gasteiger partial charge in [-0.25, -0.2) is 0 Å². The molecule has 0 unspecified atom stereocenters. The molecule has 0 saturated heterocycles. The van der Waals surface area contributed by atoms with Gasteiger partial charge in [-0.15, -0.1) is 0 Å². The molecule has 5 N–H and O–H groups in total. The fourth-order valence-electron chi connectivity index (χ4n) is 1.89. The second-order valence-electron chi connectivity index (χ2n) is 5.66. The van der Waals surface area contributed by atoms with Gasteiger partial charge >= 0.3 is 6.10 Å². The molecule has 25 heavy (non-hydrogen) atoms. The number of nitrogens with two attached hydrogens (primary N) is 2. The predicted octanol–water partition coefficient (Wildman–Crippen LogP) is 2.51. The Hall–Kier alpha value is -1.71. The van der Waals surface area contributed by atoms with Gasteiger partial charge in [0, 0.05) is 0 Å². The third-order valence-corrected chi connectivity index (χ3v) is 3.30. The number of aromatic nitrogens is 3. The van der Waals surface area contributed by atoms with Crippen molar-refractivity contribution in [3.05, 3.63) is 0 Å². The molecular weight excluding hydrogens is 324 g/mol. The van der Waals surface area contributed by atoms with E-state index in [4.69, 9.17) is 25.7 Å².